The van der Waals surface area contributed by atoms with Crippen LogP contribution in [0.4, 0.5) is 13.2 Å². The van der Waals surface area contributed by atoms with Gasteiger partial charge < -0.3 is 14.8 Å². The Morgan fingerprint density at radius 3 is 2.66 bits per heavy atom. The Bertz CT molecular complexity index is 1170. The lowest BCUT2D eigenvalue weighted by atomic mass is 10.1. The normalized spacial score (nSPS) is 18.7. The van der Waals surface area contributed by atoms with Crippen LogP contribution in [0, 0.1) is 6.92 Å². The third-order valence-corrected chi connectivity index (χ3v) is 6.24. The molecule has 4 rings (SSSR count). The number of likely N-dealkylation sites (N-methyl/N-ethyl adjacent to an activating group) is 1. The number of aryl methyl sites for hydroxylation is 1. The molecule has 1 fully saturated rings. The molecule has 2 N–H and O–H groups in total. The number of methoxy groups -OCH3 is 1. The first-order chi connectivity index (χ1) is 15.2. The van der Waals surface area contributed by atoms with Crippen molar-refractivity contribution in [3.63, 3.8) is 0 Å². The summed E-state index contributed by atoms with van der Waals surface area (Å²) in [5, 5.41) is 7.38. The first-order valence-electron chi connectivity index (χ1n) is 9.86. The minimum absolute atomic E-state index is 0.0969. The second-order valence-electron chi connectivity index (χ2n) is 7.37. The van der Waals surface area contributed by atoms with Gasteiger partial charge in [0.25, 0.3) is 5.91 Å². The average Bonchev–Trinajstić information content (AvgIpc) is 3.44. The van der Waals surface area contributed by atoms with Crippen molar-refractivity contribution in [1.29, 1.82) is 0 Å². The Hall–Kier alpha value is -2.92. The summed E-state index contributed by atoms with van der Waals surface area (Å²) < 4.78 is 50.9. The number of ether oxygens (including phenoxy) is 2. The van der Waals surface area contributed by atoms with Crippen molar-refractivity contribution in [2.24, 2.45) is 0 Å². The van der Waals surface area contributed by atoms with Gasteiger partial charge in [0.1, 0.15) is 22.2 Å². The Balaban J connectivity index is 1.90. The van der Waals surface area contributed by atoms with Crippen LogP contribution in [0.5, 0.6) is 11.5 Å². The van der Waals surface area contributed by atoms with Crippen molar-refractivity contribution in [2.45, 2.75) is 31.7 Å². The predicted molar refractivity (Wildman–Crippen MR) is 114 cm³/mol. The van der Waals surface area contributed by atoms with Crippen molar-refractivity contribution in [3.05, 3.63) is 34.8 Å². The van der Waals surface area contributed by atoms with E-state index in [2.05, 4.69) is 20.6 Å². The van der Waals surface area contributed by atoms with Crippen LogP contribution in [-0.2, 0) is 11.0 Å². The zero-order valence-corrected chi connectivity index (χ0v) is 18.4. The fourth-order valence-corrected chi connectivity index (χ4v) is 4.53. The summed E-state index contributed by atoms with van der Waals surface area (Å²) in [5.74, 6) is 0.557. The van der Waals surface area contributed by atoms with Gasteiger partial charge in [-0.15, -0.1) is 11.3 Å². The monoisotopic (exact) mass is 466 g/mol. The molecule has 0 bridgehead atoms. The number of carbonyl (C=O) groups excluding carboxylic acids is 1. The number of hydrogen-bond donors (Lipinski definition) is 2. The molecular weight excluding hydrogens is 445 g/mol. The summed E-state index contributed by atoms with van der Waals surface area (Å²) in [6, 6.07) is 5.03. The van der Waals surface area contributed by atoms with Gasteiger partial charge in [0, 0.05) is 35.9 Å². The summed E-state index contributed by atoms with van der Waals surface area (Å²) >= 11 is 0.840. The zero-order chi connectivity index (χ0) is 23.1. The predicted octanol–water partition coefficient (Wildman–Crippen LogP) is 3.90. The molecule has 1 aromatic carbocycles. The second kappa shape index (κ2) is 8.21. The summed E-state index contributed by atoms with van der Waals surface area (Å²) in [5.41, 5.74) is -0.866. The van der Waals surface area contributed by atoms with E-state index < -0.39 is 17.6 Å². The van der Waals surface area contributed by atoms with E-state index >= 15 is 0 Å². The molecule has 1 saturated heterocycles. The number of benzene rings is 1. The number of amides is 1. The SMILES string of the molecule is CNC(=O)C1(Oc2cc(-c3nc(C(F)(F)F)cs3)nc3c(C)c(OC)ccc23)CCCN1. The molecule has 0 aliphatic carbocycles. The van der Waals surface area contributed by atoms with Gasteiger partial charge in [-0.2, -0.15) is 13.2 Å². The molecule has 11 heteroatoms. The van der Waals surface area contributed by atoms with Crippen LogP contribution in [0.3, 0.4) is 0 Å². The van der Waals surface area contributed by atoms with E-state index in [4.69, 9.17) is 9.47 Å². The third kappa shape index (κ3) is 3.86. The average molecular weight is 466 g/mol. The number of fused-ring (bicyclic) bond motifs is 1. The molecule has 2 aromatic heterocycles. The van der Waals surface area contributed by atoms with E-state index in [0.29, 0.717) is 40.9 Å². The standard InChI is InChI=1S/C21H21F3N4O3S/c1-11-14(30-3)6-5-12-15(31-20(19(29)25-2)7-4-8-26-20)9-13(27-17(11)12)18-28-16(10-32-18)21(22,23)24/h5-6,9-10,26H,4,7-8H2,1-3H3,(H,25,29). The first-order valence-corrected chi connectivity index (χ1v) is 10.7. The summed E-state index contributed by atoms with van der Waals surface area (Å²) in [6.07, 6.45) is -3.38. The number of alkyl halides is 3. The van der Waals surface area contributed by atoms with E-state index in [0.717, 1.165) is 23.1 Å². The quantitative estimate of drug-likeness (QED) is 0.593. The maximum atomic E-state index is 13.1. The van der Waals surface area contributed by atoms with Crippen LogP contribution in [0.2, 0.25) is 0 Å². The number of carbonyl (C=O) groups is 1. The number of thiazole rings is 1. The van der Waals surface area contributed by atoms with Crippen LogP contribution >= 0.6 is 11.3 Å². The zero-order valence-electron chi connectivity index (χ0n) is 17.6. The van der Waals surface area contributed by atoms with E-state index in [9.17, 15) is 18.0 Å². The molecule has 1 atom stereocenters. The maximum absolute atomic E-state index is 13.1. The molecule has 1 aliphatic heterocycles. The molecule has 1 unspecified atom stereocenters. The Morgan fingerprint density at radius 1 is 1.28 bits per heavy atom. The van der Waals surface area contributed by atoms with Gasteiger partial charge >= 0.3 is 6.18 Å². The van der Waals surface area contributed by atoms with Crippen molar-refractivity contribution < 1.29 is 27.4 Å². The van der Waals surface area contributed by atoms with Gasteiger partial charge in [0.05, 0.1) is 12.6 Å². The molecule has 0 spiro atoms. The molecular formula is C21H21F3N4O3S. The van der Waals surface area contributed by atoms with Crippen molar-refractivity contribution in [1.82, 2.24) is 20.6 Å². The van der Waals surface area contributed by atoms with Gasteiger partial charge in [-0.3, -0.25) is 10.1 Å². The summed E-state index contributed by atoms with van der Waals surface area (Å²) in [4.78, 5) is 20.9. The molecule has 32 heavy (non-hydrogen) atoms. The number of aromatic nitrogens is 2. The third-order valence-electron chi connectivity index (χ3n) is 5.37. The molecule has 3 aromatic rings. The molecule has 1 aliphatic rings. The Labute approximate surface area is 186 Å². The van der Waals surface area contributed by atoms with E-state index in [1.807, 2.05) is 0 Å². The Morgan fingerprint density at radius 2 is 2.06 bits per heavy atom. The largest absolute Gasteiger partial charge is 0.496 e. The second-order valence-corrected chi connectivity index (χ2v) is 8.23. The molecule has 7 nitrogen and oxygen atoms in total. The topological polar surface area (TPSA) is 85.4 Å². The smallest absolute Gasteiger partial charge is 0.434 e. The molecule has 170 valence electrons. The van der Waals surface area contributed by atoms with Crippen LogP contribution in [0.1, 0.15) is 24.1 Å². The molecule has 1 amide bonds. The van der Waals surface area contributed by atoms with Gasteiger partial charge in [0.2, 0.25) is 5.72 Å². The molecule has 3 heterocycles. The molecule has 0 radical (unpaired) electrons. The van der Waals surface area contributed by atoms with Crippen LogP contribution in [-0.4, -0.2) is 42.3 Å². The van der Waals surface area contributed by atoms with Crippen molar-refractivity contribution in [3.8, 4) is 22.2 Å². The van der Waals surface area contributed by atoms with Crippen LogP contribution in [0.15, 0.2) is 23.6 Å². The highest BCUT2D eigenvalue weighted by molar-refractivity contribution is 7.13. The highest BCUT2D eigenvalue weighted by Crippen LogP contribution is 2.39. The fraction of sp³-hybridized carbons (Fsp3) is 0.381. The first kappa shape index (κ1) is 22.3. The van der Waals surface area contributed by atoms with Gasteiger partial charge in [-0.1, -0.05) is 0 Å². The lowest BCUT2D eigenvalue weighted by Crippen LogP contribution is -2.57. The van der Waals surface area contributed by atoms with Crippen molar-refractivity contribution >= 4 is 28.1 Å². The number of pyridine rings is 1. The highest BCUT2D eigenvalue weighted by Gasteiger charge is 2.43. The maximum Gasteiger partial charge on any atom is 0.434 e. The lowest BCUT2D eigenvalue weighted by Gasteiger charge is -2.29. The minimum Gasteiger partial charge on any atom is -0.496 e. The number of halogens is 3. The van der Waals surface area contributed by atoms with Gasteiger partial charge in [0.15, 0.2) is 5.69 Å². The van der Waals surface area contributed by atoms with Crippen LogP contribution < -0.4 is 20.1 Å². The number of rotatable bonds is 5. The number of nitrogens with zero attached hydrogens (tertiary/aromatic N) is 2. The summed E-state index contributed by atoms with van der Waals surface area (Å²) in [6.45, 7) is 2.39. The van der Waals surface area contributed by atoms with E-state index in [-0.39, 0.29) is 16.6 Å². The number of nitrogens with one attached hydrogen (secondary N) is 2. The molecule has 0 saturated carbocycles. The van der Waals surface area contributed by atoms with E-state index in [1.165, 1.54) is 20.2 Å². The minimum atomic E-state index is -4.55. The fourth-order valence-electron chi connectivity index (χ4n) is 3.75. The lowest BCUT2D eigenvalue weighted by molar-refractivity contribution is -0.140. The Kier molecular flexibility index (Phi) is 5.72. The van der Waals surface area contributed by atoms with Crippen molar-refractivity contribution in [2.75, 3.05) is 20.7 Å². The van der Waals surface area contributed by atoms with E-state index in [1.54, 1.807) is 19.1 Å². The van der Waals surface area contributed by atoms with Gasteiger partial charge in [-0.25, -0.2) is 9.97 Å². The summed E-state index contributed by atoms with van der Waals surface area (Å²) in [7, 11) is 3.04. The van der Waals surface area contributed by atoms with Gasteiger partial charge in [-0.05, 0) is 32.0 Å². The number of hydrogen-bond acceptors (Lipinski definition) is 7. The van der Waals surface area contributed by atoms with Crippen LogP contribution in [0.25, 0.3) is 21.6 Å². The highest BCUT2D eigenvalue weighted by atomic mass is 32.1.